The number of nitrogen functional groups attached to an aromatic ring is 1. The second-order valence-corrected chi connectivity index (χ2v) is 3.36. The summed E-state index contributed by atoms with van der Waals surface area (Å²) in [6, 6.07) is 4.33. The third-order valence-corrected chi connectivity index (χ3v) is 2.30. The molecular formula is C11H17FN2O. The van der Waals surface area contributed by atoms with Crippen molar-refractivity contribution in [2.24, 2.45) is 0 Å². The Morgan fingerprint density at radius 2 is 2.20 bits per heavy atom. The number of anilines is 2. The highest BCUT2D eigenvalue weighted by Crippen LogP contribution is 2.23. The zero-order valence-electron chi connectivity index (χ0n) is 8.91. The molecule has 0 aliphatic heterocycles. The lowest BCUT2D eigenvalue weighted by Gasteiger charge is -2.24. The van der Waals surface area contributed by atoms with E-state index in [0.717, 1.165) is 6.54 Å². The van der Waals surface area contributed by atoms with Gasteiger partial charge < -0.3 is 15.7 Å². The number of halogens is 1. The number of nitrogens with two attached hydrogens (primary N) is 1. The Morgan fingerprint density at radius 1 is 1.47 bits per heavy atom. The summed E-state index contributed by atoms with van der Waals surface area (Å²) >= 11 is 0. The van der Waals surface area contributed by atoms with Crippen molar-refractivity contribution in [2.75, 3.05) is 30.3 Å². The number of aliphatic hydroxyl groups is 1. The molecule has 0 aromatic heterocycles. The molecule has 1 aromatic carbocycles. The van der Waals surface area contributed by atoms with Gasteiger partial charge in [-0.2, -0.15) is 0 Å². The Bertz CT molecular complexity index is 317. The smallest absolute Gasteiger partial charge is 0.125 e. The largest absolute Gasteiger partial charge is 0.397 e. The number of hydrogen-bond donors (Lipinski definition) is 2. The number of aliphatic hydroxyl groups excluding tert-OH is 1. The zero-order chi connectivity index (χ0) is 11.3. The van der Waals surface area contributed by atoms with Gasteiger partial charge in [-0.15, -0.1) is 0 Å². The molecule has 0 spiro atoms. The van der Waals surface area contributed by atoms with E-state index in [-0.39, 0.29) is 12.4 Å². The van der Waals surface area contributed by atoms with Crippen molar-refractivity contribution in [1.29, 1.82) is 0 Å². The lowest BCUT2D eigenvalue weighted by molar-refractivity contribution is 0.289. The molecule has 0 saturated carbocycles. The normalized spacial score (nSPS) is 10.3. The average Bonchev–Trinajstić information content (AvgIpc) is 2.24. The van der Waals surface area contributed by atoms with E-state index in [9.17, 15) is 4.39 Å². The highest BCUT2D eigenvalue weighted by atomic mass is 19.1. The lowest BCUT2D eigenvalue weighted by Crippen LogP contribution is -2.25. The predicted octanol–water partition coefficient (Wildman–Crippen LogP) is 1.62. The third kappa shape index (κ3) is 3.09. The quantitative estimate of drug-likeness (QED) is 0.729. The first-order chi connectivity index (χ1) is 7.19. The molecule has 0 unspecified atom stereocenters. The van der Waals surface area contributed by atoms with Crippen molar-refractivity contribution in [2.45, 2.75) is 13.3 Å². The van der Waals surface area contributed by atoms with Crippen molar-refractivity contribution in [3.05, 3.63) is 24.0 Å². The van der Waals surface area contributed by atoms with Gasteiger partial charge in [0.25, 0.3) is 0 Å². The number of benzene rings is 1. The van der Waals surface area contributed by atoms with Crippen molar-refractivity contribution in [3.63, 3.8) is 0 Å². The summed E-state index contributed by atoms with van der Waals surface area (Å²) in [5.74, 6) is -0.290. The number of rotatable bonds is 5. The van der Waals surface area contributed by atoms with Crippen LogP contribution in [0.25, 0.3) is 0 Å². The Balaban J connectivity index is 2.85. The fourth-order valence-corrected chi connectivity index (χ4v) is 1.50. The standard InChI is InChI=1S/C11H17FN2O/c1-2-14(6-3-7-15)11-8-9(12)4-5-10(11)13/h4-5,8,15H,2-3,6-7,13H2,1H3. The van der Waals surface area contributed by atoms with Crippen molar-refractivity contribution < 1.29 is 9.50 Å². The molecule has 4 heteroatoms. The molecule has 1 aromatic rings. The fraction of sp³-hybridized carbons (Fsp3) is 0.455. The molecule has 0 amide bonds. The van der Waals surface area contributed by atoms with Crippen LogP contribution in [0.3, 0.4) is 0 Å². The maximum atomic E-state index is 13.0. The molecule has 84 valence electrons. The van der Waals surface area contributed by atoms with Gasteiger partial charge in [-0.3, -0.25) is 0 Å². The van der Waals surface area contributed by atoms with Crippen molar-refractivity contribution in [1.82, 2.24) is 0 Å². The summed E-state index contributed by atoms with van der Waals surface area (Å²) in [5, 5.41) is 8.75. The summed E-state index contributed by atoms with van der Waals surface area (Å²) in [6.45, 7) is 3.53. The van der Waals surface area contributed by atoms with E-state index >= 15 is 0 Å². The summed E-state index contributed by atoms with van der Waals surface area (Å²) < 4.78 is 13.0. The first kappa shape index (κ1) is 11.8. The van der Waals surface area contributed by atoms with Crippen LogP contribution in [-0.2, 0) is 0 Å². The maximum absolute atomic E-state index is 13.0. The van der Waals surface area contributed by atoms with Crippen LogP contribution in [-0.4, -0.2) is 24.8 Å². The average molecular weight is 212 g/mol. The molecule has 15 heavy (non-hydrogen) atoms. The summed E-state index contributed by atoms with van der Waals surface area (Å²) in [6.07, 6.45) is 0.657. The highest BCUT2D eigenvalue weighted by molar-refractivity contribution is 5.67. The Hall–Kier alpha value is -1.29. The Labute approximate surface area is 89.3 Å². The van der Waals surface area contributed by atoms with Crippen LogP contribution in [0.4, 0.5) is 15.8 Å². The molecule has 0 aliphatic rings. The van der Waals surface area contributed by atoms with Gasteiger partial charge in [-0.05, 0) is 31.5 Å². The van der Waals surface area contributed by atoms with Gasteiger partial charge >= 0.3 is 0 Å². The molecule has 0 saturated heterocycles. The van der Waals surface area contributed by atoms with Crippen LogP contribution >= 0.6 is 0 Å². The third-order valence-electron chi connectivity index (χ3n) is 2.30. The van der Waals surface area contributed by atoms with Gasteiger partial charge in [0.15, 0.2) is 0 Å². The van der Waals surface area contributed by atoms with Crippen LogP contribution in [0.15, 0.2) is 18.2 Å². The number of hydrogen-bond acceptors (Lipinski definition) is 3. The SMILES string of the molecule is CCN(CCCO)c1cc(F)ccc1N. The van der Waals surface area contributed by atoms with Gasteiger partial charge in [-0.1, -0.05) is 0 Å². The van der Waals surface area contributed by atoms with E-state index in [2.05, 4.69) is 0 Å². The minimum atomic E-state index is -0.290. The molecule has 1 rings (SSSR count). The van der Waals surface area contributed by atoms with Crippen LogP contribution in [0, 0.1) is 5.82 Å². The number of nitrogens with zero attached hydrogens (tertiary/aromatic N) is 1. The minimum absolute atomic E-state index is 0.131. The van der Waals surface area contributed by atoms with Crippen molar-refractivity contribution in [3.8, 4) is 0 Å². The maximum Gasteiger partial charge on any atom is 0.125 e. The van der Waals surface area contributed by atoms with Crippen LogP contribution in [0.2, 0.25) is 0 Å². The van der Waals surface area contributed by atoms with Crippen LogP contribution in [0.5, 0.6) is 0 Å². The summed E-state index contributed by atoms with van der Waals surface area (Å²) in [4.78, 5) is 1.95. The summed E-state index contributed by atoms with van der Waals surface area (Å²) in [7, 11) is 0. The Kier molecular flexibility index (Phi) is 4.37. The molecule has 0 aliphatic carbocycles. The fourth-order valence-electron chi connectivity index (χ4n) is 1.50. The molecule has 0 atom stereocenters. The molecular weight excluding hydrogens is 195 g/mol. The first-order valence-corrected chi connectivity index (χ1v) is 5.10. The topological polar surface area (TPSA) is 49.5 Å². The van der Waals surface area contributed by atoms with Crippen molar-refractivity contribution >= 4 is 11.4 Å². The molecule has 0 heterocycles. The van der Waals surface area contributed by atoms with Crippen LogP contribution < -0.4 is 10.6 Å². The van der Waals surface area contributed by atoms with Gasteiger partial charge in [0.2, 0.25) is 0 Å². The van der Waals surface area contributed by atoms with E-state index < -0.39 is 0 Å². The molecule has 0 fully saturated rings. The van der Waals surface area contributed by atoms with E-state index in [0.29, 0.717) is 24.3 Å². The lowest BCUT2D eigenvalue weighted by atomic mass is 10.2. The van der Waals surface area contributed by atoms with Gasteiger partial charge in [0, 0.05) is 19.7 Å². The molecule has 3 nitrogen and oxygen atoms in total. The predicted molar refractivity (Wildman–Crippen MR) is 60.4 cm³/mol. The molecule has 0 radical (unpaired) electrons. The zero-order valence-corrected chi connectivity index (χ0v) is 8.91. The monoisotopic (exact) mass is 212 g/mol. The van der Waals surface area contributed by atoms with E-state index in [1.165, 1.54) is 12.1 Å². The molecule has 3 N–H and O–H groups in total. The van der Waals surface area contributed by atoms with Gasteiger partial charge in [-0.25, -0.2) is 4.39 Å². The molecule has 0 bridgehead atoms. The van der Waals surface area contributed by atoms with Gasteiger partial charge in [0.05, 0.1) is 11.4 Å². The first-order valence-electron chi connectivity index (χ1n) is 5.10. The van der Waals surface area contributed by atoms with Crippen LogP contribution in [0.1, 0.15) is 13.3 Å². The minimum Gasteiger partial charge on any atom is -0.397 e. The highest BCUT2D eigenvalue weighted by Gasteiger charge is 2.08. The second kappa shape index (κ2) is 5.56. The van der Waals surface area contributed by atoms with E-state index in [4.69, 9.17) is 10.8 Å². The second-order valence-electron chi connectivity index (χ2n) is 3.36. The van der Waals surface area contributed by atoms with E-state index in [1.807, 2.05) is 11.8 Å². The van der Waals surface area contributed by atoms with Gasteiger partial charge in [0.1, 0.15) is 5.82 Å². The van der Waals surface area contributed by atoms with E-state index in [1.54, 1.807) is 6.07 Å². The Morgan fingerprint density at radius 3 is 2.80 bits per heavy atom. The summed E-state index contributed by atoms with van der Waals surface area (Å²) in [5.41, 5.74) is 7.03.